The van der Waals surface area contributed by atoms with E-state index in [2.05, 4.69) is 25.2 Å². The van der Waals surface area contributed by atoms with Gasteiger partial charge in [-0.1, -0.05) is 0 Å². The number of nitrogens with one attached hydrogen (secondary N) is 1. The van der Waals surface area contributed by atoms with Crippen LogP contribution in [-0.4, -0.2) is 65.2 Å². The Kier molecular flexibility index (Phi) is 7.86. The van der Waals surface area contributed by atoms with Crippen molar-refractivity contribution in [2.45, 2.75) is 32.1 Å². The fourth-order valence-corrected chi connectivity index (χ4v) is 4.34. The number of carbonyl (C=O) groups is 1. The van der Waals surface area contributed by atoms with E-state index < -0.39 is 23.8 Å². The highest BCUT2D eigenvalue weighted by atomic mass is 32.1. The Labute approximate surface area is 210 Å². The average Bonchev–Trinajstić information content (AvgIpc) is 3.29. The van der Waals surface area contributed by atoms with Crippen molar-refractivity contribution in [1.29, 1.82) is 0 Å². The van der Waals surface area contributed by atoms with Crippen LogP contribution >= 0.6 is 11.3 Å². The fraction of sp³-hybridized carbons (Fsp3) is 0.417. The molecule has 1 aliphatic heterocycles. The molecule has 192 valence electrons. The van der Waals surface area contributed by atoms with E-state index in [1.807, 2.05) is 20.0 Å². The first-order chi connectivity index (χ1) is 17.1. The number of nitrogens with zero attached hydrogens (tertiary/aromatic N) is 4. The van der Waals surface area contributed by atoms with Gasteiger partial charge in [-0.2, -0.15) is 13.2 Å². The Morgan fingerprint density at radius 2 is 2.06 bits per heavy atom. The summed E-state index contributed by atoms with van der Waals surface area (Å²) in [5.74, 6) is 0.0775. The zero-order chi connectivity index (χ0) is 25.9. The summed E-state index contributed by atoms with van der Waals surface area (Å²) < 4.78 is 49.9. The first-order valence-electron chi connectivity index (χ1n) is 11.3. The SMILES string of the molecule is Cc1cnc(-c2cc(OC[C@H]3COCCN3C)cc(C(=O)N[C@H](C)c3cnc(C(F)(F)F)cn3)c2)s1. The first-order valence-corrected chi connectivity index (χ1v) is 12.1. The van der Waals surface area contributed by atoms with Crippen LogP contribution in [-0.2, 0) is 10.9 Å². The van der Waals surface area contributed by atoms with Gasteiger partial charge in [0.1, 0.15) is 17.4 Å². The lowest BCUT2D eigenvalue weighted by atomic mass is 10.1. The van der Waals surface area contributed by atoms with Gasteiger partial charge in [-0.15, -0.1) is 11.3 Å². The standard InChI is InChI=1S/C24H26F3N5O3S/c1-14-9-30-23(36-14)17-6-16(7-19(8-17)35-13-18-12-34-5-4-32(18)3)22(33)31-15(2)20-10-29-21(11-28-20)24(25,26)27/h6-11,15,18H,4-5,12-13H2,1-3H3,(H,31,33)/t15-,18-/m1/s1. The van der Waals surface area contributed by atoms with Gasteiger partial charge in [0.05, 0.1) is 43.4 Å². The topological polar surface area (TPSA) is 89.5 Å². The second-order valence-electron chi connectivity index (χ2n) is 8.56. The van der Waals surface area contributed by atoms with Gasteiger partial charge < -0.3 is 14.8 Å². The van der Waals surface area contributed by atoms with E-state index in [0.717, 1.165) is 28.2 Å². The van der Waals surface area contributed by atoms with Crippen LogP contribution in [0.5, 0.6) is 5.75 Å². The molecule has 1 saturated heterocycles. The maximum absolute atomic E-state index is 13.1. The number of halogens is 3. The largest absolute Gasteiger partial charge is 0.492 e. The van der Waals surface area contributed by atoms with E-state index in [1.165, 1.54) is 11.3 Å². The number of morpholine rings is 1. The highest BCUT2D eigenvalue weighted by Gasteiger charge is 2.33. The van der Waals surface area contributed by atoms with Crippen LogP contribution in [0.2, 0.25) is 0 Å². The van der Waals surface area contributed by atoms with E-state index in [0.29, 0.717) is 37.3 Å². The van der Waals surface area contributed by atoms with Gasteiger partial charge in [-0.05, 0) is 39.1 Å². The quantitative estimate of drug-likeness (QED) is 0.500. The smallest absolute Gasteiger partial charge is 0.434 e. The van der Waals surface area contributed by atoms with Gasteiger partial charge in [-0.25, -0.2) is 9.97 Å². The first kappa shape index (κ1) is 26.0. The van der Waals surface area contributed by atoms with Gasteiger partial charge in [-0.3, -0.25) is 14.7 Å². The van der Waals surface area contributed by atoms with Crippen LogP contribution in [0.15, 0.2) is 36.8 Å². The summed E-state index contributed by atoms with van der Waals surface area (Å²) in [6.07, 6.45) is -1.16. The zero-order valence-electron chi connectivity index (χ0n) is 20.0. The molecule has 36 heavy (non-hydrogen) atoms. The third kappa shape index (κ3) is 6.37. The van der Waals surface area contributed by atoms with Crippen molar-refractivity contribution in [3.05, 3.63) is 58.6 Å². The summed E-state index contributed by atoms with van der Waals surface area (Å²) in [6.45, 7) is 6.00. The molecule has 12 heteroatoms. The van der Waals surface area contributed by atoms with Crippen LogP contribution < -0.4 is 10.1 Å². The molecule has 4 rings (SSSR count). The third-order valence-electron chi connectivity index (χ3n) is 5.75. The van der Waals surface area contributed by atoms with Gasteiger partial charge >= 0.3 is 6.18 Å². The van der Waals surface area contributed by atoms with Crippen molar-refractivity contribution in [3.63, 3.8) is 0 Å². The number of aromatic nitrogens is 3. The Hall–Kier alpha value is -3.09. The monoisotopic (exact) mass is 521 g/mol. The predicted octanol–water partition coefficient (Wildman–Crippen LogP) is 4.13. The lowest BCUT2D eigenvalue weighted by Crippen LogP contribution is -2.46. The minimum absolute atomic E-state index is 0.0834. The summed E-state index contributed by atoms with van der Waals surface area (Å²) >= 11 is 1.49. The number of likely N-dealkylation sites (N-methyl/N-ethyl adjacent to an activating group) is 1. The lowest BCUT2D eigenvalue weighted by Gasteiger charge is -2.32. The number of alkyl halides is 3. The minimum atomic E-state index is -4.58. The Morgan fingerprint density at radius 1 is 1.25 bits per heavy atom. The molecule has 0 bridgehead atoms. The highest BCUT2D eigenvalue weighted by Crippen LogP contribution is 2.30. The van der Waals surface area contributed by atoms with Crippen molar-refractivity contribution in [2.24, 2.45) is 0 Å². The van der Waals surface area contributed by atoms with Gasteiger partial charge in [0.15, 0.2) is 5.69 Å². The molecule has 8 nitrogen and oxygen atoms in total. The molecule has 1 aromatic carbocycles. The second-order valence-corrected chi connectivity index (χ2v) is 9.80. The van der Waals surface area contributed by atoms with Crippen molar-refractivity contribution >= 4 is 17.2 Å². The molecule has 1 amide bonds. The molecule has 1 N–H and O–H groups in total. The highest BCUT2D eigenvalue weighted by molar-refractivity contribution is 7.14. The maximum Gasteiger partial charge on any atom is 0.434 e. The summed E-state index contributed by atoms with van der Waals surface area (Å²) in [4.78, 5) is 28.0. The molecule has 0 radical (unpaired) electrons. The lowest BCUT2D eigenvalue weighted by molar-refractivity contribution is -0.141. The molecule has 0 saturated carbocycles. The molecule has 1 aliphatic rings. The number of ether oxygens (including phenoxy) is 2. The molecule has 2 atom stereocenters. The van der Waals surface area contributed by atoms with E-state index in [4.69, 9.17) is 9.47 Å². The molecule has 3 heterocycles. The molecule has 2 aromatic heterocycles. The molecule has 0 unspecified atom stereocenters. The van der Waals surface area contributed by atoms with Crippen LogP contribution in [0.3, 0.4) is 0 Å². The van der Waals surface area contributed by atoms with Crippen LogP contribution in [0.4, 0.5) is 13.2 Å². The normalized spacial score (nSPS) is 17.6. The summed E-state index contributed by atoms with van der Waals surface area (Å²) in [5, 5.41) is 3.51. The number of amides is 1. The van der Waals surface area contributed by atoms with Gasteiger partial charge in [0.25, 0.3) is 5.91 Å². The summed E-state index contributed by atoms with van der Waals surface area (Å²) in [5.41, 5.74) is 0.174. The van der Waals surface area contributed by atoms with Crippen molar-refractivity contribution < 1.29 is 27.4 Å². The van der Waals surface area contributed by atoms with E-state index in [9.17, 15) is 18.0 Å². The number of benzene rings is 1. The fourth-order valence-electron chi connectivity index (χ4n) is 3.59. The maximum atomic E-state index is 13.1. The molecule has 0 spiro atoms. The number of rotatable bonds is 7. The molecular weight excluding hydrogens is 495 g/mol. The van der Waals surface area contributed by atoms with Crippen LogP contribution in [0, 0.1) is 6.92 Å². The number of thiazole rings is 1. The van der Waals surface area contributed by atoms with Crippen molar-refractivity contribution in [1.82, 2.24) is 25.2 Å². The third-order valence-corrected chi connectivity index (χ3v) is 6.72. The summed E-state index contributed by atoms with van der Waals surface area (Å²) in [6, 6.07) is 4.59. The predicted molar refractivity (Wildman–Crippen MR) is 128 cm³/mol. The Balaban J connectivity index is 1.53. The molecule has 1 fully saturated rings. The number of hydrogen-bond donors (Lipinski definition) is 1. The van der Waals surface area contributed by atoms with E-state index >= 15 is 0 Å². The summed E-state index contributed by atoms with van der Waals surface area (Å²) in [7, 11) is 2.01. The minimum Gasteiger partial charge on any atom is -0.492 e. The molecular formula is C24H26F3N5O3S. The van der Waals surface area contributed by atoms with E-state index in [-0.39, 0.29) is 11.7 Å². The number of hydrogen-bond acceptors (Lipinski definition) is 8. The van der Waals surface area contributed by atoms with Gasteiger partial charge in [0.2, 0.25) is 0 Å². The Morgan fingerprint density at radius 3 is 2.69 bits per heavy atom. The Bertz CT molecular complexity index is 1200. The van der Waals surface area contributed by atoms with Crippen LogP contribution in [0.1, 0.15) is 39.6 Å². The van der Waals surface area contributed by atoms with Gasteiger partial charge in [0, 0.05) is 28.7 Å². The number of carbonyl (C=O) groups excluding carboxylic acids is 1. The average molecular weight is 522 g/mol. The molecule has 3 aromatic rings. The molecule has 0 aliphatic carbocycles. The van der Waals surface area contributed by atoms with Crippen LogP contribution in [0.25, 0.3) is 10.6 Å². The second kappa shape index (κ2) is 10.9. The van der Waals surface area contributed by atoms with Crippen molar-refractivity contribution in [3.8, 4) is 16.3 Å². The number of aryl methyl sites for hydroxylation is 1. The van der Waals surface area contributed by atoms with E-state index in [1.54, 1.807) is 25.3 Å². The van der Waals surface area contributed by atoms with Crippen molar-refractivity contribution in [2.75, 3.05) is 33.4 Å². The zero-order valence-corrected chi connectivity index (χ0v) is 20.8.